The number of carbonyl (C=O) groups excluding carboxylic acids is 1. The van der Waals surface area contributed by atoms with Crippen LogP contribution in [0.4, 0.5) is 0 Å². The highest BCUT2D eigenvalue weighted by molar-refractivity contribution is 7.90. The molecule has 1 heterocycles. The smallest absolute Gasteiger partial charge is 0.264 e. The molecule has 162 valence electrons. The zero-order valence-electron chi connectivity index (χ0n) is 17.9. The van der Waals surface area contributed by atoms with Crippen LogP contribution in [-0.4, -0.2) is 33.5 Å². The molecule has 1 aliphatic carbocycles. The molecule has 1 amide bonds. The summed E-state index contributed by atoms with van der Waals surface area (Å²) < 4.78 is 39.7. The van der Waals surface area contributed by atoms with Gasteiger partial charge < -0.3 is 9.47 Å². The monoisotopic (exact) mass is 440 g/mol. The summed E-state index contributed by atoms with van der Waals surface area (Å²) in [6.07, 6.45) is 1.00. The number of rotatable bonds is 6. The molecule has 0 saturated heterocycles. The number of nitrogens with one attached hydrogen (secondary N) is 1. The SMILES string of the molecule is COc1ccc(C)c(OC)c1C1(C(=O)NS(=O)(=O)c2cccc3nc(C)ccc23)CC1. The molecule has 1 N–H and O–H groups in total. The quantitative estimate of drug-likeness (QED) is 0.631. The third-order valence-corrected chi connectivity index (χ3v) is 7.14. The van der Waals surface area contributed by atoms with Gasteiger partial charge >= 0.3 is 0 Å². The van der Waals surface area contributed by atoms with E-state index in [1.165, 1.54) is 20.3 Å². The first-order valence-corrected chi connectivity index (χ1v) is 11.4. The second-order valence-corrected chi connectivity index (χ2v) is 9.44. The molecule has 0 aliphatic heterocycles. The summed E-state index contributed by atoms with van der Waals surface area (Å²) in [5.74, 6) is 0.443. The number of fused-ring (bicyclic) bond motifs is 1. The number of aryl methyl sites for hydroxylation is 2. The van der Waals surface area contributed by atoms with Crippen LogP contribution >= 0.6 is 0 Å². The van der Waals surface area contributed by atoms with Crippen molar-refractivity contribution >= 4 is 26.8 Å². The molecule has 4 rings (SSSR count). The molecule has 0 spiro atoms. The minimum Gasteiger partial charge on any atom is -0.496 e. The van der Waals surface area contributed by atoms with E-state index in [1.807, 2.05) is 19.9 Å². The molecule has 1 aromatic heterocycles. The summed E-state index contributed by atoms with van der Waals surface area (Å²) in [5, 5.41) is 0.462. The van der Waals surface area contributed by atoms with Crippen LogP contribution in [0.5, 0.6) is 11.5 Å². The lowest BCUT2D eigenvalue weighted by Gasteiger charge is -2.22. The minimum absolute atomic E-state index is 0.0184. The van der Waals surface area contributed by atoms with Crippen molar-refractivity contribution in [2.75, 3.05) is 14.2 Å². The average Bonchev–Trinajstić information content (AvgIpc) is 3.54. The first kappa shape index (κ1) is 21.1. The second-order valence-electron chi connectivity index (χ2n) is 7.79. The van der Waals surface area contributed by atoms with E-state index >= 15 is 0 Å². The Morgan fingerprint density at radius 3 is 2.42 bits per heavy atom. The van der Waals surface area contributed by atoms with Gasteiger partial charge in [0.15, 0.2) is 0 Å². The zero-order valence-corrected chi connectivity index (χ0v) is 18.7. The van der Waals surface area contributed by atoms with E-state index in [2.05, 4.69) is 9.71 Å². The van der Waals surface area contributed by atoms with Crippen LogP contribution in [0.3, 0.4) is 0 Å². The summed E-state index contributed by atoms with van der Waals surface area (Å²) in [6, 6.07) is 11.9. The van der Waals surface area contributed by atoms with E-state index in [0.717, 1.165) is 11.3 Å². The van der Waals surface area contributed by atoms with Crippen molar-refractivity contribution in [1.82, 2.24) is 9.71 Å². The van der Waals surface area contributed by atoms with Gasteiger partial charge in [0.1, 0.15) is 11.5 Å². The average molecular weight is 441 g/mol. The highest BCUT2D eigenvalue weighted by atomic mass is 32.2. The predicted octanol–water partition coefficient (Wildman–Crippen LogP) is 3.41. The lowest BCUT2D eigenvalue weighted by Crippen LogP contribution is -2.39. The fourth-order valence-electron chi connectivity index (χ4n) is 4.01. The van der Waals surface area contributed by atoms with Gasteiger partial charge in [-0.1, -0.05) is 12.1 Å². The van der Waals surface area contributed by atoms with Crippen LogP contribution in [0.25, 0.3) is 10.9 Å². The van der Waals surface area contributed by atoms with E-state index in [0.29, 0.717) is 40.8 Å². The molecule has 0 atom stereocenters. The number of hydrogen-bond acceptors (Lipinski definition) is 6. The third kappa shape index (κ3) is 3.50. The normalized spacial score (nSPS) is 14.8. The Morgan fingerprint density at radius 2 is 1.77 bits per heavy atom. The van der Waals surface area contributed by atoms with Gasteiger partial charge in [-0.2, -0.15) is 0 Å². The maximum absolute atomic E-state index is 13.3. The molecule has 31 heavy (non-hydrogen) atoms. The number of aromatic nitrogens is 1. The molecule has 0 unspecified atom stereocenters. The number of ether oxygens (including phenoxy) is 2. The number of nitrogens with zero attached hydrogens (tertiary/aromatic N) is 1. The highest BCUT2D eigenvalue weighted by Crippen LogP contribution is 2.55. The standard InChI is InChI=1S/C23H24N2O5S/c1-14-8-11-18(29-3)20(21(14)30-4)23(12-13-23)22(26)25-31(27,28)19-7-5-6-17-16(19)10-9-15(2)24-17/h5-11H,12-13H2,1-4H3,(H,25,26). The largest absolute Gasteiger partial charge is 0.496 e. The number of amides is 1. The fraction of sp³-hybridized carbons (Fsp3) is 0.304. The molecule has 7 nitrogen and oxygen atoms in total. The maximum Gasteiger partial charge on any atom is 0.264 e. The Hall–Kier alpha value is -3.13. The molecule has 8 heteroatoms. The van der Waals surface area contributed by atoms with Gasteiger partial charge in [-0.3, -0.25) is 9.78 Å². The summed E-state index contributed by atoms with van der Waals surface area (Å²) in [7, 11) is -1.07. The van der Waals surface area contributed by atoms with Crippen LogP contribution < -0.4 is 14.2 Å². The van der Waals surface area contributed by atoms with Gasteiger partial charge in [0.25, 0.3) is 10.0 Å². The topological polar surface area (TPSA) is 94.6 Å². The number of sulfonamides is 1. The summed E-state index contributed by atoms with van der Waals surface area (Å²) in [4.78, 5) is 17.7. The first-order chi connectivity index (χ1) is 14.7. The molecule has 1 aliphatic rings. The Balaban J connectivity index is 1.75. The molecule has 0 bridgehead atoms. The molecule has 1 saturated carbocycles. The number of hydrogen-bond donors (Lipinski definition) is 1. The minimum atomic E-state index is -4.12. The van der Waals surface area contributed by atoms with Crippen LogP contribution in [0.2, 0.25) is 0 Å². The van der Waals surface area contributed by atoms with Crippen molar-refractivity contribution in [3.8, 4) is 11.5 Å². The Morgan fingerprint density at radius 1 is 1.03 bits per heavy atom. The van der Waals surface area contributed by atoms with Gasteiger partial charge in [-0.25, -0.2) is 13.1 Å². The van der Waals surface area contributed by atoms with E-state index in [4.69, 9.17) is 9.47 Å². The second kappa shape index (κ2) is 7.53. The van der Waals surface area contributed by atoms with Gasteiger partial charge in [0.2, 0.25) is 5.91 Å². The lowest BCUT2D eigenvalue weighted by molar-refractivity contribution is -0.121. The lowest BCUT2D eigenvalue weighted by atomic mass is 9.91. The van der Waals surface area contributed by atoms with Gasteiger partial charge in [0, 0.05) is 11.1 Å². The Bertz CT molecular complexity index is 1300. The van der Waals surface area contributed by atoms with Crippen molar-refractivity contribution < 1.29 is 22.7 Å². The molecule has 2 aromatic carbocycles. The third-order valence-electron chi connectivity index (χ3n) is 5.75. The Kier molecular flexibility index (Phi) is 5.13. The highest BCUT2D eigenvalue weighted by Gasteiger charge is 2.56. The molecule has 1 fully saturated rings. The summed E-state index contributed by atoms with van der Waals surface area (Å²) >= 11 is 0. The van der Waals surface area contributed by atoms with Crippen molar-refractivity contribution in [2.24, 2.45) is 0 Å². The number of benzene rings is 2. The predicted molar refractivity (Wildman–Crippen MR) is 117 cm³/mol. The molecular weight excluding hydrogens is 416 g/mol. The summed E-state index contributed by atoms with van der Waals surface area (Å²) in [6.45, 7) is 3.71. The fourth-order valence-corrected chi connectivity index (χ4v) is 5.28. The van der Waals surface area contributed by atoms with E-state index in [9.17, 15) is 13.2 Å². The first-order valence-electron chi connectivity index (χ1n) is 9.89. The van der Waals surface area contributed by atoms with Crippen LogP contribution in [0.15, 0.2) is 47.4 Å². The molecule has 0 radical (unpaired) electrons. The zero-order chi connectivity index (χ0) is 22.4. The number of methoxy groups -OCH3 is 2. The van der Waals surface area contributed by atoms with E-state index in [-0.39, 0.29) is 4.90 Å². The van der Waals surface area contributed by atoms with Crippen molar-refractivity contribution in [2.45, 2.75) is 37.0 Å². The van der Waals surface area contributed by atoms with E-state index < -0.39 is 21.3 Å². The number of carbonyl (C=O) groups is 1. The van der Waals surface area contributed by atoms with Crippen molar-refractivity contribution in [3.05, 3.63) is 59.3 Å². The van der Waals surface area contributed by atoms with Crippen LogP contribution in [-0.2, 0) is 20.2 Å². The molecule has 3 aromatic rings. The van der Waals surface area contributed by atoms with Crippen molar-refractivity contribution in [1.29, 1.82) is 0 Å². The van der Waals surface area contributed by atoms with E-state index in [1.54, 1.807) is 30.3 Å². The van der Waals surface area contributed by atoms with Crippen LogP contribution in [0.1, 0.15) is 29.7 Å². The molecular formula is C23H24N2O5S. The van der Waals surface area contributed by atoms with Gasteiger partial charge in [0.05, 0.1) is 35.6 Å². The maximum atomic E-state index is 13.3. The number of pyridine rings is 1. The van der Waals surface area contributed by atoms with Gasteiger partial charge in [-0.05, 0) is 62.6 Å². The van der Waals surface area contributed by atoms with Crippen LogP contribution in [0, 0.1) is 13.8 Å². The Labute approximate surface area is 181 Å². The summed E-state index contributed by atoms with van der Waals surface area (Å²) in [5.41, 5.74) is 1.74. The van der Waals surface area contributed by atoms with Crippen molar-refractivity contribution in [3.63, 3.8) is 0 Å². The van der Waals surface area contributed by atoms with Gasteiger partial charge in [-0.15, -0.1) is 0 Å².